The van der Waals surface area contributed by atoms with Crippen LogP contribution in [0.3, 0.4) is 0 Å². The van der Waals surface area contributed by atoms with E-state index in [9.17, 15) is 0 Å². The van der Waals surface area contributed by atoms with Crippen molar-refractivity contribution in [3.63, 3.8) is 0 Å². The van der Waals surface area contributed by atoms with Gasteiger partial charge in [0.15, 0.2) is 0 Å². The highest BCUT2D eigenvalue weighted by molar-refractivity contribution is 5.21. The van der Waals surface area contributed by atoms with Crippen LogP contribution in [-0.4, -0.2) is 5.11 Å². The maximum Gasteiger partial charge on any atom is 0.115 e. The number of hydrogen-bond donors (Lipinski definition) is 1. The average molecular weight is 124 g/mol. The predicted octanol–water partition coefficient (Wildman–Crippen LogP) is 2.58. The highest BCUT2D eigenvalue weighted by atomic mass is 16.3. The summed E-state index contributed by atoms with van der Waals surface area (Å²) in [6.07, 6.45) is 5.00. The normalized spacial score (nSPS) is 12.4. The summed E-state index contributed by atoms with van der Waals surface area (Å²) in [5, 5.41) is 8.93. The van der Waals surface area contributed by atoms with Crippen molar-refractivity contribution in [3.8, 4) is 0 Å². The van der Waals surface area contributed by atoms with Crippen LogP contribution in [0, 0.1) is 0 Å². The molecule has 1 nitrogen and oxygen atoms in total. The zero-order valence-electron chi connectivity index (χ0n) is 5.89. The SMILES string of the molecule is C=C(C)/C=C(O)\C=C\C. The van der Waals surface area contributed by atoms with Crippen molar-refractivity contribution in [2.45, 2.75) is 13.8 Å². The summed E-state index contributed by atoms with van der Waals surface area (Å²) in [6, 6.07) is 0. The second-order valence-corrected chi connectivity index (χ2v) is 1.92. The minimum atomic E-state index is 0.255. The molecule has 0 fully saturated rings. The smallest absolute Gasteiger partial charge is 0.115 e. The molecule has 50 valence electrons. The average Bonchev–Trinajstić information content (AvgIpc) is 1.63. The minimum absolute atomic E-state index is 0.255. The fraction of sp³-hybridized carbons (Fsp3) is 0.250. The van der Waals surface area contributed by atoms with Crippen LogP contribution in [0.5, 0.6) is 0 Å². The molecule has 0 saturated carbocycles. The molecule has 0 spiro atoms. The van der Waals surface area contributed by atoms with Crippen LogP contribution in [0.1, 0.15) is 13.8 Å². The van der Waals surface area contributed by atoms with E-state index >= 15 is 0 Å². The van der Waals surface area contributed by atoms with Crippen molar-refractivity contribution in [3.05, 3.63) is 36.1 Å². The van der Waals surface area contributed by atoms with E-state index in [1.807, 2.05) is 13.8 Å². The molecule has 0 amide bonds. The molecule has 0 unspecified atom stereocenters. The minimum Gasteiger partial charge on any atom is -0.508 e. The highest BCUT2D eigenvalue weighted by Gasteiger charge is 1.81. The Balaban J connectivity index is 4.00. The van der Waals surface area contributed by atoms with Gasteiger partial charge in [-0.3, -0.25) is 0 Å². The molecule has 0 aliphatic carbocycles. The van der Waals surface area contributed by atoms with Crippen LogP contribution < -0.4 is 0 Å². The molecule has 0 aliphatic heterocycles. The largest absolute Gasteiger partial charge is 0.508 e. The van der Waals surface area contributed by atoms with Gasteiger partial charge >= 0.3 is 0 Å². The Hall–Kier alpha value is -0.980. The van der Waals surface area contributed by atoms with Crippen molar-refractivity contribution in [1.29, 1.82) is 0 Å². The van der Waals surface area contributed by atoms with E-state index in [1.165, 1.54) is 0 Å². The molecule has 1 N–H and O–H groups in total. The summed E-state index contributed by atoms with van der Waals surface area (Å²) >= 11 is 0. The van der Waals surface area contributed by atoms with Gasteiger partial charge in [-0.1, -0.05) is 18.2 Å². The maximum atomic E-state index is 8.93. The molecule has 0 atom stereocenters. The van der Waals surface area contributed by atoms with E-state index in [2.05, 4.69) is 6.58 Å². The Bertz CT molecular complexity index is 152. The van der Waals surface area contributed by atoms with Gasteiger partial charge in [-0.25, -0.2) is 0 Å². The summed E-state index contributed by atoms with van der Waals surface area (Å²) in [6.45, 7) is 7.29. The van der Waals surface area contributed by atoms with Gasteiger partial charge in [-0.2, -0.15) is 0 Å². The third kappa shape index (κ3) is 4.88. The maximum absolute atomic E-state index is 8.93. The Morgan fingerprint density at radius 1 is 1.56 bits per heavy atom. The molecule has 0 aliphatic rings. The van der Waals surface area contributed by atoms with Crippen molar-refractivity contribution in [2.24, 2.45) is 0 Å². The van der Waals surface area contributed by atoms with E-state index in [0.717, 1.165) is 5.57 Å². The first-order valence-corrected chi connectivity index (χ1v) is 2.85. The van der Waals surface area contributed by atoms with E-state index < -0.39 is 0 Å². The van der Waals surface area contributed by atoms with Gasteiger partial charge in [0, 0.05) is 0 Å². The number of hydrogen-bond acceptors (Lipinski definition) is 1. The topological polar surface area (TPSA) is 20.2 Å². The van der Waals surface area contributed by atoms with Crippen molar-refractivity contribution in [2.75, 3.05) is 0 Å². The van der Waals surface area contributed by atoms with E-state index in [1.54, 1.807) is 18.2 Å². The Morgan fingerprint density at radius 2 is 2.11 bits per heavy atom. The summed E-state index contributed by atoms with van der Waals surface area (Å²) in [7, 11) is 0. The molecule has 0 heterocycles. The lowest BCUT2D eigenvalue weighted by Crippen LogP contribution is -1.72. The van der Waals surface area contributed by atoms with Crippen molar-refractivity contribution >= 4 is 0 Å². The number of aliphatic hydroxyl groups excluding tert-OH is 1. The monoisotopic (exact) mass is 124 g/mol. The fourth-order valence-electron chi connectivity index (χ4n) is 0.471. The van der Waals surface area contributed by atoms with Gasteiger partial charge in [0.05, 0.1) is 0 Å². The predicted molar refractivity (Wildman–Crippen MR) is 40.3 cm³/mol. The number of allylic oxidation sites excluding steroid dienone is 4. The summed E-state index contributed by atoms with van der Waals surface area (Å²) in [5.41, 5.74) is 0.852. The summed E-state index contributed by atoms with van der Waals surface area (Å²) < 4.78 is 0. The van der Waals surface area contributed by atoms with Gasteiger partial charge in [-0.15, -0.1) is 0 Å². The molecule has 0 aromatic heterocycles. The quantitative estimate of drug-likeness (QED) is 0.443. The molecule has 0 radical (unpaired) electrons. The second-order valence-electron chi connectivity index (χ2n) is 1.92. The Kier molecular flexibility index (Phi) is 3.52. The first kappa shape index (κ1) is 8.02. The second kappa shape index (κ2) is 3.96. The Morgan fingerprint density at radius 3 is 2.44 bits per heavy atom. The first-order valence-electron chi connectivity index (χ1n) is 2.85. The lowest BCUT2D eigenvalue weighted by atomic mass is 10.3. The third-order valence-electron chi connectivity index (χ3n) is 0.732. The van der Waals surface area contributed by atoms with Gasteiger partial charge in [0.25, 0.3) is 0 Å². The molecule has 1 heteroatoms. The molecular weight excluding hydrogens is 112 g/mol. The molecule has 0 saturated heterocycles. The molecule has 0 bridgehead atoms. The molecule has 9 heavy (non-hydrogen) atoms. The van der Waals surface area contributed by atoms with Gasteiger partial charge in [0.1, 0.15) is 5.76 Å². The highest BCUT2D eigenvalue weighted by Crippen LogP contribution is 1.96. The lowest BCUT2D eigenvalue weighted by molar-refractivity contribution is 0.432. The fourth-order valence-corrected chi connectivity index (χ4v) is 0.471. The molecule has 0 aromatic rings. The van der Waals surface area contributed by atoms with Crippen LogP contribution in [0.2, 0.25) is 0 Å². The zero-order valence-corrected chi connectivity index (χ0v) is 5.89. The first-order chi connectivity index (χ1) is 4.16. The molecular formula is C8H12O. The Labute approximate surface area is 56.0 Å². The lowest BCUT2D eigenvalue weighted by Gasteiger charge is -1.88. The van der Waals surface area contributed by atoms with Crippen LogP contribution in [0.15, 0.2) is 36.1 Å². The molecule has 0 aromatic carbocycles. The van der Waals surface area contributed by atoms with E-state index in [-0.39, 0.29) is 5.76 Å². The standard InChI is InChI=1S/C8H12O/c1-4-5-8(9)6-7(2)3/h4-6,9H,2H2,1,3H3/b5-4+,8-6+. The van der Waals surface area contributed by atoms with Gasteiger partial charge < -0.3 is 5.11 Å². The number of rotatable bonds is 2. The zero-order chi connectivity index (χ0) is 7.28. The van der Waals surface area contributed by atoms with E-state index in [0.29, 0.717) is 0 Å². The van der Waals surface area contributed by atoms with Crippen LogP contribution in [0.4, 0.5) is 0 Å². The van der Waals surface area contributed by atoms with Gasteiger partial charge in [-0.05, 0) is 26.0 Å². The van der Waals surface area contributed by atoms with Crippen LogP contribution in [-0.2, 0) is 0 Å². The van der Waals surface area contributed by atoms with Crippen LogP contribution >= 0.6 is 0 Å². The summed E-state index contributed by atoms with van der Waals surface area (Å²) in [5.74, 6) is 0.255. The third-order valence-corrected chi connectivity index (χ3v) is 0.732. The van der Waals surface area contributed by atoms with Gasteiger partial charge in [0.2, 0.25) is 0 Å². The summed E-state index contributed by atoms with van der Waals surface area (Å²) in [4.78, 5) is 0. The number of aliphatic hydroxyl groups is 1. The van der Waals surface area contributed by atoms with E-state index in [4.69, 9.17) is 5.11 Å². The van der Waals surface area contributed by atoms with Crippen molar-refractivity contribution < 1.29 is 5.11 Å². The van der Waals surface area contributed by atoms with Crippen LogP contribution in [0.25, 0.3) is 0 Å². The molecule has 0 rings (SSSR count). The van der Waals surface area contributed by atoms with Crippen molar-refractivity contribution in [1.82, 2.24) is 0 Å².